The lowest BCUT2D eigenvalue weighted by atomic mass is 10.1. The maximum absolute atomic E-state index is 10.4. The van der Waals surface area contributed by atoms with Crippen LogP contribution in [0.5, 0.6) is 0 Å². The average molecular weight is 224 g/mol. The highest BCUT2D eigenvalue weighted by Crippen LogP contribution is 2.21. The number of hydrogen-bond acceptors (Lipinski definition) is 2. The number of hydrogen-bond donors (Lipinski definition) is 1. The molecule has 82 valence electrons. The molecule has 15 heavy (non-hydrogen) atoms. The summed E-state index contributed by atoms with van der Waals surface area (Å²) in [6, 6.07) is 10.2. The molecule has 0 heterocycles. The molecule has 0 aromatic heterocycles. The minimum Gasteiger partial charge on any atom is -0.481 e. The van der Waals surface area contributed by atoms with E-state index in [4.69, 9.17) is 5.11 Å². The van der Waals surface area contributed by atoms with Crippen LogP contribution in [0.4, 0.5) is 0 Å². The van der Waals surface area contributed by atoms with E-state index in [1.165, 1.54) is 4.90 Å². The number of carbonyl (C=O) groups is 1. The predicted octanol–water partition coefficient (Wildman–Crippen LogP) is 3.28. The minimum atomic E-state index is -0.702. The maximum atomic E-state index is 10.4. The van der Waals surface area contributed by atoms with Gasteiger partial charge in [0.2, 0.25) is 0 Å². The molecular formula is C12H16O2S. The zero-order chi connectivity index (χ0) is 11.1. The highest BCUT2D eigenvalue weighted by atomic mass is 32.2. The van der Waals surface area contributed by atoms with E-state index < -0.39 is 5.97 Å². The van der Waals surface area contributed by atoms with E-state index in [2.05, 4.69) is 19.1 Å². The molecule has 0 spiro atoms. The second kappa shape index (κ2) is 6.51. The quantitative estimate of drug-likeness (QED) is 0.753. The van der Waals surface area contributed by atoms with Gasteiger partial charge in [0.15, 0.2) is 0 Å². The van der Waals surface area contributed by atoms with Gasteiger partial charge in [-0.2, -0.15) is 0 Å². The third-order valence-electron chi connectivity index (χ3n) is 2.13. The summed E-state index contributed by atoms with van der Waals surface area (Å²) in [4.78, 5) is 11.6. The Hall–Kier alpha value is -0.960. The molecule has 0 amide bonds. The Bertz CT molecular complexity index is 298. The molecule has 1 aromatic carbocycles. The van der Waals surface area contributed by atoms with Crippen molar-refractivity contribution in [3.05, 3.63) is 30.3 Å². The molecule has 1 N–H and O–H groups in total. The summed E-state index contributed by atoms with van der Waals surface area (Å²) in [5.41, 5.74) is 0. The molecule has 0 saturated heterocycles. The van der Waals surface area contributed by atoms with Crippen molar-refractivity contribution in [3.63, 3.8) is 0 Å². The summed E-state index contributed by atoms with van der Waals surface area (Å²) >= 11 is 1.79. The van der Waals surface area contributed by atoms with Gasteiger partial charge in [0.25, 0.3) is 0 Å². The van der Waals surface area contributed by atoms with Crippen LogP contribution in [-0.2, 0) is 4.79 Å². The first kappa shape index (κ1) is 12.1. The molecule has 0 bridgehead atoms. The number of carboxylic acids is 1. The number of carboxylic acid groups (broad SMARTS) is 1. The van der Waals surface area contributed by atoms with Gasteiger partial charge in [-0.1, -0.05) is 25.1 Å². The Morgan fingerprint density at radius 1 is 1.40 bits per heavy atom. The highest BCUT2D eigenvalue weighted by molar-refractivity contribution is 7.99. The van der Waals surface area contributed by atoms with Gasteiger partial charge in [0, 0.05) is 17.1 Å². The molecule has 1 atom stereocenters. The van der Waals surface area contributed by atoms with Crippen LogP contribution in [-0.4, -0.2) is 16.8 Å². The van der Waals surface area contributed by atoms with Crippen molar-refractivity contribution in [1.82, 2.24) is 0 Å². The Balaban J connectivity index is 2.22. The van der Waals surface area contributed by atoms with E-state index in [0.29, 0.717) is 5.92 Å². The van der Waals surface area contributed by atoms with Crippen LogP contribution in [0.1, 0.15) is 19.8 Å². The van der Waals surface area contributed by atoms with Crippen LogP contribution >= 0.6 is 11.8 Å². The Morgan fingerprint density at radius 2 is 2.07 bits per heavy atom. The molecule has 1 rings (SSSR count). The van der Waals surface area contributed by atoms with Crippen molar-refractivity contribution >= 4 is 17.7 Å². The molecular weight excluding hydrogens is 208 g/mol. The van der Waals surface area contributed by atoms with E-state index in [1.807, 2.05) is 18.2 Å². The summed E-state index contributed by atoms with van der Waals surface area (Å²) in [5, 5.41) is 8.54. The Labute approximate surface area is 94.7 Å². The van der Waals surface area contributed by atoms with Crippen LogP contribution < -0.4 is 0 Å². The van der Waals surface area contributed by atoms with E-state index in [9.17, 15) is 4.79 Å². The highest BCUT2D eigenvalue weighted by Gasteiger charge is 2.05. The Kier molecular flexibility index (Phi) is 5.26. The Morgan fingerprint density at radius 3 is 2.67 bits per heavy atom. The number of rotatable bonds is 6. The second-order valence-corrected chi connectivity index (χ2v) is 4.76. The van der Waals surface area contributed by atoms with Gasteiger partial charge in [-0.25, -0.2) is 0 Å². The maximum Gasteiger partial charge on any atom is 0.303 e. The third-order valence-corrected chi connectivity index (χ3v) is 3.47. The van der Waals surface area contributed by atoms with E-state index >= 15 is 0 Å². The summed E-state index contributed by atoms with van der Waals surface area (Å²) in [7, 11) is 0. The van der Waals surface area contributed by atoms with Gasteiger partial charge in [-0.05, 0) is 24.5 Å². The summed E-state index contributed by atoms with van der Waals surface area (Å²) in [6.45, 7) is 2.10. The molecule has 0 unspecified atom stereocenters. The molecule has 3 heteroatoms. The van der Waals surface area contributed by atoms with Crippen LogP contribution in [0, 0.1) is 5.92 Å². The van der Waals surface area contributed by atoms with Crippen molar-refractivity contribution in [2.24, 2.45) is 5.92 Å². The first-order valence-corrected chi connectivity index (χ1v) is 6.06. The lowest BCUT2D eigenvalue weighted by molar-refractivity contribution is -0.137. The normalized spacial score (nSPS) is 12.3. The van der Waals surface area contributed by atoms with Crippen LogP contribution in [0.2, 0.25) is 0 Å². The van der Waals surface area contributed by atoms with Gasteiger partial charge in [-0.3, -0.25) is 4.79 Å². The van der Waals surface area contributed by atoms with Crippen molar-refractivity contribution in [3.8, 4) is 0 Å². The monoisotopic (exact) mass is 224 g/mol. The summed E-state index contributed by atoms with van der Waals surface area (Å²) in [6.07, 6.45) is 1.03. The lowest BCUT2D eigenvalue weighted by Gasteiger charge is -2.08. The van der Waals surface area contributed by atoms with E-state index in [0.717, 1.165) is 12.2 Å². The molecule has 0 fully saturated rings. The van der Waals surface area contributed by atoms with Gasteiger partial charge in [-0.15, -0.1) is 11.8 Å². The van der Waals surface area contributed by atoms with Gasteiger partial charge in [0.05, 0.1) is 0 Å². The lowest BCUT2D eigenvalue weighted by Crippen LogP contribution is -2.03. The average Bonchev–Trinajstić information content (AvgIpc) is 2.25. The largest absolute Gasteiger partial charge is 0.481 e. The SMILES string of the molecule is C[C@@H](CCC(=O)O)CSc1ccccc1. The van der Waals surface area contributed by atoms with Crippen LogP contribution in [0.3, 0.4) is 0 Å². The second-order valence-electron chi connectivity index (χ2n) is 3.66. The summed E-state index contributed by atoms with van der Waals surface area (Å²) in [5.74, 6) is 0.731. The zero-order valence-corrected chi connectivity index (χ0v) is 9.67. The van der Waals surface area contributed by atoms with Gasteiger partial charge in [0.1, 0.15) is 0 Å². The third kappa shape index (κ3) is 5.47. The molecule has 0 aliphatic rings. The van der Waals surface area contributed by atoms with Crippen molar-refractivity contribution < 1.29 is 9.90 Å². The molecule has 0 aliphatic carbocycles. The van der Waals surface area contributed by atoms with Gasteiger partial charge >= 0.3 is 5.97 Å². The van der Waals surface area contributed by atoms with E-state index in [-0.39, 0.29) is 6.42 Å². The van der Waals surface area contributed by atoms with Crippen LogP contribution in [0.15, 0.2) is 35.2 Å². The van der Waals surface area contributed by atoms with Gasteiger partial charge < -0.3 is 5.11 Å². The van der Waals surface area contributed by atoms with Crippen molar-refractivity contribution in [1.29, 1.82) is 0 Å². The molecule has 0 radical (unpaired) electrons. The van der Waals surface area contributed by atoms with E-state index in [1.54, 1.807) is 11.8 Å². The van der Waals surface area contributed by atoms with Crippen LogP contribution in [0.25, 0.3) is 0 Å². The van der Waals surface area contributed by atoms with Crippen molar-refractivity contribution in [2.75, 3.05) is 5.75 Å². The minimum absolute atomic E-state index is 0.274. The smallest absolute Gasteiger partial charge is 0.303 e. The molecule has 0 saturated carbocycles. The number of benzene rings is 1. The molecule has 1 aromatic rings. The summed E-state index contributed by atoms with van der Waals surface area (Å²) < 4.78 is 0. The molecule has 0 aliphatic heterocycles. The zero-order valence-electron chi connectivity index (χ0n) is 8.85. The number of thioether (sulfide) groups is 1. The molecule has 2 nitrogen and oxygen atoms in total. The number of aliphatic carboxylic acids is 1. The fraction of sp³-hybridized carbons (Fsp3) is 0.417. The fourth-order valence-corrected chi connectivity index (χ4v) is 2.20. The van der Waals surface area contributed by atoms with Crippen molar-refractivity contribution in [2.45, 2.75) is 24.7 Å². The topological polar surface area (TPSA) is 37.3 Å². The standard InChI is InChI=1S/C12H16O2S/c1-10(7-8-12(13)14)9-15-11-5-3-2-4-6-11/h2-6,10H,7-9H2,1H3,(H,13,14)/t10-/m0/s1. The fourth-order valence-electron chi connectivity index (χ4n) is 1.21. The predicted molar refractivity (Wildman–Crippen MR) is 63.2 cm³/mol. The first-order valence-electron chi connectivity index (χ1n) is 5.08. The first-order chi connectivity index (χ1) is 7.18.